The summed E-state index contributed by atoms with van der Waals surface area (Å²) >= 11 is 0. The standard InChI is InChI=1S/C10H11F3N4O2/c1-6-3-7(15-18-6)4-17(2)5-8-14-9(16-19-8)10(11,12)13/h3H,4-5H2,1-2H3. The van der Waals surface area contributed by atoms with Crippen LogP contribution in [0.25, 0.3) is 0 Å². The van der Waals surface area contributed by atoms with Gasteiger partial charge in [0.15, 0.2) is 0 Å². The van der Waals surface area contributed by atoms with Crippen LogP contribution >= 0.6 is 0 Å². The Morgan fingerprint density at radius 1 is 1.21 bits per heavy atom. The van der Waals surface area contributed by atoms with Crippen LogP contribution in [0.2, 0.25) is 0 Å². The van der Waals surface area contributed by atoms with Gasteiger partial charge in [0.25, 0.3) is 5.82 Å². The molecule has 0 aliphatic carbocycles. The Morgan fingerprint density at radius 3 is 2.47 bits per heavy atom. The van der Waals surface area contributed by atoms with Gasteiger partial charge in [-0.2, -0.15) is 18.2 Å². The largest absolute Gasteiger partial charge is 0.455 e. The second-order valence-corrected chi connectivity index (χ2v) is 4.11. The van der Waals surface area contributed by atoms with E-state index in [1.54, 1.807) is 24.9 Å². The van der Waals surface area contributed by atoms with Crippen LogP contribution in [0.1, 0.15) is 23.2 Å². The zero-order valence-electron chi connectivity index (χ0n) is 10.2. The second-order valence-electron chi connectivity index (χ2n) is 4.11. The third kappa shape index (κ3) is 3.53. The lowest BCUT2D eigenvalue weighted by molar-refractivity contribution is -0.146. The van der Waals surface area contributed by atoms with E-state index in [0.29, 0.717) is 18.0 Å². The maximum atomic E-state index is 12.3. The Kier molecular flexibility index (Phi) is 3.56. The molecule has 0 bridgehead atoms. The van der Waals surface area contributed by atoms with Crippen LogP contribution in [0.3, 0.4) is 0 Å². The van der Waals surface area contributed by atoms with Crippen LogP contribution in [-0.4, -0.2) is 27.2 Å². The summed E-state index contributed by atoms with van der Waals surface area (Å²) in [5, 5.41) is 6.66. The van der Waals surface area contributed by atoms with Crippen molar-refractivity contribution in [3.8, 4) is 0 Å². The molecule has 104 valence electrons. The molecule has 19 heavy (non-hydrogen) atoms. The van der Waals surface area contributed by atoms with Crippen molar-refractivity contribution in [3.05, 3.63) is 29.2 Å². The second kappa shape index (κ2) is 5.00. The fraction of sp³-hybridized carbons (Fsp3) is 0.500. The van der Waals surface area contributed by atoms with Gasteiger partial charge in [-0.3, -0.25) is 4.90 Å². The highest BCUT2D eigenvalue weighted by Gasteiger charge is 2.37. The molecule has 0 amide bonds. The van der Waals surface area contributed by atoms with Crippen LogP contribution in [0.15, 0.2) is 15.1 Å². The van der Waals surface area contributed by atoms with E-state index in [2.05, 4.69) is 19.8 Å². The Hall–Kier alpha value is -1.90. The van der Waals surface area contributed by atoms with Crippen molar-refractivity contribution in [1.29, 1.82) is 0 Å². The highest BCUT2D eigenvalue weighted by molar-refractivity contribution is 5.03. The minimum Gasteiger partial charge on any atom is -0.361 e. The van der Waals surface area contributed by atoms with Crippen molar-refractivity contribution in [2.24, 2.45) is 0 Å². The zero-order valence-corrected chi connectivity index (χ0v) is 10.2. The van der Waals surface area contributed by atoms with E-state index in [9.17, 15) is 13.2 Å². The molecular formula is C10H11F3N4O2. The summed E-state index contributed by atoms with van der Waals surface area (Å²) < 4.78 is 46.2. The van der Waals surface area contributed by atoms with Crippen LogP contribution in [-0.2, 0) is 19.3 Å². The molecule has 0 saturated heterocycles. The molecule has 0 radical (unpaired) electrons. The van der Waals surface area contributed by atoms with Crippen molar-refractivity contribution >= 4 is 0 Å². The van der Waals surface area contributed by atoms with E-state index in [0.717, 1.165) is 0 Å². The van der Waals surface area contributed by atoms with Crippen molar-refractivity contribution in [3.63, 3.8) is 0 Å². The number of nitrogens with zero attached hydrogens (tertiary/aromatic N) is 4. The van der Waals surface area contributed by atoms with Crippen molar-refractivity contribution in [2.75, 3.05) is 7.05 Å². The average Bonchev–Trinajstić information content (AvgIpc) is 2.87. The number of halogens is 3. The maximum absolute atomic E-state index is 12.3. The van der Waals surface area contributed by atoms with Gasteiger partial charge >= 0.3 is 6.18 Å². The van der Waals surface area contributed by atoms with Gasteiger partial charge in [-0.1, -0.05) is 10.3 Å². The summed E-state index contributed by atoms with van der Waals surface area (Å²) in [6, 6.07) is 1.74. The SMILES string of the molecule is Cc1cc(CN(C)Cc2nc(C(F)(F)F)no2)no1. The first-order chi connectivity index (χ1) is 8.84. The van der Waals surface area contributed by atoms with Crippen molar-refractivity contribution in [2.45, 2.75) is 26.2 Å². The van der Waals surface area contributed by atoms with E-state index in [1.165, 1.54) is 0 Å². The number of rotatable bonds is 4. The number of aryl methyl sites for hydroxylation is 1. The molecular weight excluding hydrogens is 265 g/mol. The number of aromatic nitrogens is 3. The van der Waals surface area contributed by atoms with Crippen LogP contribution in [0, 0.1) is 6.92 Å². The van der Waals surface area contributed by atoms with Gasteiger partial charge < -0.3 is 9.05 Å². The van der Waals surface area contributed by atoms with Gasteiger partial charge in [0, 0.05) is 12.6 Å². The summed E-state index contributed by atoms with van der Waals surface area (Å²) in [7, 11) is 1.70. The first-order valence-corrected chi connectivity index (χ1v) is 5.35. The molecule has 6 nitrogen and oxygen atoms in total. The molecule has 2 rings (SSSR count). The third-order valence-corrected chi connectivity index (χ3v) is 2.24. The van der Waals surface area contributed by atoms with E-state index < -0.39 is 12.0 Å². The van der Waals surface area contributed by atoms with Gasteiger partial charge in [-0.15, -0.1) is 0 Å². The van der Waals surface area contributed by atoms with Gasteiger partial charge in [0.05, 0.1) is 12.2 Å². The fourth-order valence-electron chi connectivity index (χ4n) is 1.49. The predicted molar refractivity (Wildman–Crippen MR) is 55.7 cm³/mol. The van der Waals surface area contributed by atoms with E-state index in [4.69, 9.17) is 4.52 Å². The van der Waals surface area contributed by atoms with Gasteiger partial charge in [-0.25, -0.2) is 0 Å². The molecule has 0 atom stereocenters. The molecule has 0 unspecified atom stereocenters. The lowest BCUT2D eigenvalue weighted by Crippen LogP contribution is -2.18. The van der Waals surface area contributed by atoms with Gasteiger partial charge in [0.1, 0.15) is 5.76 Å². The Bertz CT molecular complexity index is 549. The van der Waals surface area contributed by atoms with Gasteiger partial charge in [0.2, 0.25) is 5.89 Å². The summed E-state index contributed by atoms with van der Waals surface area (Å²) in [6.07, 6.45) is -4.59. The normalized spacial score (nSPS) is 12.3. The molecule has 0 aromatic carbocycles. The molecule has 0 saturated carbocycles. The molecule has 0 aliphatic heterocycles. The first-order valence-electron chi connectivity index (χ1n) is 5.35. The van der Waals surface area contributed by atoms with E-state index in [1.807, 2.05) is 0 Å². The monoisotopic (exact) mass is 276 g/mol. The lowest BCUT2D eigenvalue weighted by Gasteiger charge is -2.11. The summed E-state index contributed by atoms with van der Waals surface area (Å²) in [5.41, 5.74) is 0.676. The molecule has 9 heteroatoms. The molecule has 2 aromatic heterocycles. The minimum absolute atomic E-state index is 0.0922. The smallest absolute Gasteiger partial charge is 0.361 e. The summed E-state index contributed by atoms with van der Waals surface area (Å²) in [5.74, 6) is -0.705. The molecule has 0 aliphatic rings. The van der Waals surface area contributed by atoms with E-state index in [-0.39, 0.29) is 12.4 Å². The minimum atomic E-state index is -4.59. The lowest BCUT2D eigenvalue weighted by atomic mass is 10.3. The Labute approximate surface area is 106 Å². The van der Waals surface area contributed by atoms with Crippen molar-refractivity contribution < 1.29 is 22.2 Å². The molecule has 2 aromatic rings. The van der Waals surface area contributed by atoms with Crippen molar-refractivity contribution in [1.82, 2.24) is 20.2 Å². The average molecular weight is 276 g/mol. The van der Waals surface area contributed by atoms with E-state index >= 15 is 0 Å². The number of hydrogen-bond donors (Lipinski definition) is 0. The Balaban J connectivity index is 1.95. The van der Waals surface area contributed by atoms with Crippen LogP contribution in [0.5, 0.6) is 0 Å². The summed E-state index contributed by atoms with van der Waals surface area (Å²) in [4.78, 5) is 4.97. The summed E-state index contributed by atoms with van der Waals surface area (Å²) in [6.45, 7) is 2.25. The molecule has 0 spiro atoms. The highest BCUT2D eigenvalue weighted by atomic mass is 19.4. The zero-order chi connectivity index (χ0) is 14.0. The number of alkyl halides is 3. The molecule has 2 heterocycles. The van der Waals surface area contributed by atoms with Crippen LogP contribution < -0.4 is 0 Å². The number of hydrogen-bond acceptors (Lipinski definition) is 6. The first kappa shape index (κ1) is 13.5. The maximum Gasteiger partial charge on any atom is 0.455 e. The fourth-order valence-corrected chi connectivity index (χ4v) is 1.49. The van der Waals surface area contributed by atoms with Gasteiger partial charge in [-0.05, 0) is 14.0 Å². The quantitative estimate of drug-likeness (QED) is 0.851. The third-order valence-electron chi connectivity index (χ3n) is 2.24. The Morgan fingerprint density at radius 2 is 1.95 bits per heavy atom. The predicted octanol–water partition coefficient (Wildman–Crippen LogP) is 2.02. The molecule has 0 fully saturated rings. The molecule has 0 N–H and O–H groups in total. The highest BCUT2D eigenvalue weighted by Crippen LogP contribution is 2.26. The topological polar surface area (TPSA) is 68.2 Å². The van der Waals surface area contributed by atoms with Crippen LogP contribution in [0.4, 0.5) is 13.2 Å².